The highest BCUT2D eigenvalue weighted by molar-refractivity contribution is 6.09. The number of benzene rings is 2. The molecule has 0 spiro atoms. The Morgan fingerprint density at radius 2 is 1.15 bits per heavy atom. The molecule has 46 heavy (non-hydrogen) atoms. The van der Waals surface area contributed by atoms with Gasteiger partial charge in [0, 0.05) is 35.3 Å². The predicted octanol–water partition coefficient (Wildman–Crippen LogP) is 4.89. The highest BCUT2D eigenvalue weighted by Crippen LogP contribution is 2.36. The summed E-state index contributed by atoms with van der Waals surface area (Å²) >= 11 is 0. The van der Waals surface area contributed by atoms with E-state index in [4.69, 9.17) is 0 Å². The number of aromatic nitrogens is 4. The molecule has 242 valence electrons. The van der Waals surface area contributed by atoms with Gasteiger partial charge in [0.25, 0.3) is 11.1 Å². The lowest BCUT2D eigenvalue weighted by molar-refractivity contribution is 0.102. The Balaban J connectivity index is 0.000000212. The van der Waals surface area contributed by atoms with Crippen LogP contribution in [0.3, 0.4) is 0 Å². The van der Waals surface area contributed by atoms with Gasteiger partial charge in [-0.25, -0.2) is 9.59 Å². The summed E-state index contributed by atoms with van der Waals surface area (Å²) in [5.41, 5.74) is 4.01. The number of rotatable bonds is 7. The minimum Gasteiger partial charge on any atom is -0.304 e. The number of nitrogens with zero attached hydrogens (tertiary/aromatic N) is 2. The number of nitrogens with one attached hydrogen (secondary N) is 2. The molecule has 0 aliphatic heterocycles. The molecule has 2 N–H and O–H groups in total. The Bertz CT molecular complexity index is 2010. The maximum atomic E-state index is 13.3. The third kappa shape index (κ3) is 7.01. The molecule has 10 heteroatoms. The summed E-state index contributed by atoms with van der Waals surface area (Å²) in [6.07, 6.45) is 1.73. The molecule has 1 aliphatic rings. The van der Waals surface area contributed by atoms with Crippen LogP contribution in [0.15, 0.2) is 55.6 Å². The van der Waals surface area contributed by atoms with Crippen LogP contribution >= 0.6 is 0 Å². The fourth-order valence-corrected chi connectivity index (χ4v) is 5.90. The fraction of sp³-hybridized carbons (Fsp3) is 0.389. The average molecular weight is 627 g/mol. The van der Waals surface area contributed by atoms with Crippen molar-refractivity contribution in [1.82, 2.24) is 19.1 Å². The third-order valence-corrected chi connectivity index (χ3v) is 7.98. The summed E-state index contributed by atoms with van der Waals surface area (Å²) in [4.78, 5) is 79.5. The summed E-state index contributed by atoms with van der Waals surface area (Å²) in [6.45, 7) is 15.0. The summed E-state index contributed by atoms with van der Waals surface area (Å²) < 4.78 is 2.68. The van der Waals surface area contributed by atoms with E-state index < -0.39 is 16.9 Å². The van der Waals surface area contributed by atoms with Crippen LogP contribution in [0.5, 0.6) is 0 Å². The van der Waals surface area contributed by atoms with E-state index in [-0.39, 0.29) is 46.4 Å². The van der Waals surface area contributed by atoms with Gasteiger partial charge in [0.2, 0.25) is 11.6 Å². The molecule has 4 aromatic rings. The number of carbonyl (C=O) groups is 2. The smallest absolute Gasteiger partial charge is 0.304 e. The largest absolute Gasteiger partial charge is 0.331 e. The molecule has 0 bridgehead atoms. The van der Waals surface area contributed by atoms with Crippen LogP contribution in [0.1, 0.15) is 124 Å². The molecule has 1 saturated carbocycles. The van der Waals surface area contributed by atoms with E-state index in [0.717, 1.165) is 39.7 Å². The highest BCUT2D eigenvalue weighted by Gasteiger charge is 2.34. The van der Waals surface area contributed by atoms with Crippen molar-refractivity contribution in [2.75, 3.05) is 0 Å². The maximum Gasteiger partial charge on any atom is 0.331 e. The number of hydrogen-bond donors (Lipinski definition) is 2. The van der Waals surface area contributed by atoms with Crippen LogP contribution in [0.4, 0.5) is 0 Å². The number of aromatic amines is 2. The first-order chi connectivity index (χ1) is 21.5. The van der Waals surface area contributed by atoms with Crippen LogP contribution in [-0.2, 0) is 7.05 Å². The Hall–Kier alpha value is -4.86. The van der Waals surface area contributed by atoms with E-state index >= 15 is 0 Å². The Labute approximate surface area is 267 Å². The standard InChI is InChI=1S/C20H24N2O3.C16H18N2O3/c1-11(2)16-17(18(23)14-9-12(3)8-13(4)10-14)22(15-6-7-15)20(25)21(5)19(16)24;1-8(2)12-13(17-16(21)18-15(12)20)14(19)11-6-9(3)5-10(4)7-11/h8-11,15H,6-7H2,1-5H3;5-8H,1-4H3,(H2,17,18,20,21). The van der Waals surface area contributed by atoms with Gasteiger partial charge in [0.1, 0.15) is 5.69 Å². The normalized spacial score (nSPS) is 12.7. The monoisotopic (exact) mass is 626 g/mol. The molecule has 0 atom stereocenters. The van der Waals surface area contributed by atoms with Crippen LogP contribution in [0, 0.1) is 27.7 Å². The Kier molecular flexibility index (Phi) is 9.80. The zero-order chi connectivity index (χ0) is 34.2. The lowest BCUT2D eigenvalue weighted by atomic mass is 9.95. The molecule has 1 aliphatic carbocycles. The zero-order valence-electron chi connectivity index (χ0n) is 28.0. The number of ketones is 2. The van der Waals surface area contributed by atoms with Gasteiger partial charge in [0.15, 0.2) is 0 Å². The van der Waals surface area contributed by atoms with Crippen LogP contribution in [-0.4, -0.2) is 30.7 Å². The summed E-state index contributed by atoms with van der Waals surface area (Å²) in [6, 6.07) is 11.1. The van der Waals surface area contributed by atoms with Gasteiger partial charge in [0.05, 0.1) is 5.69 Å². The van der Waals surface area contributed by atoms with E-state index in [1.807, 2.05) is 65.8 Å². The summed E-state index contributed by atoms with van der Waals surface area (Å²) in [7, 11) is 1.49. The van der Waals surface area contributed by atoms with Crippen molar-refractivity contribution in [2.24, 2.45) is 7.05 Å². The van der Waals surface area contributed by atoms with Gasteiger partial charge in [-0.05, 0) is 76.6 Å². The summed E-state index contributed by atoms with van der Waals surface area (Å²) in [5.74, 6) is -0.893. The molecule has 0 saturated heterocycles. The second-order valence-electron chi connectivity index (χ2n) is 12.9. The number of H-pyrrole nitrogens is 2. The van der Waals surface area contributed by atoms with Crippen molar-refractivity contribution >= 4 is 11.6 Å². The quantitative estimate of drug-likeness (QED) is 0.280. The van der Waals surface area contributed by atoms with Gasteiger partial charge >= 0.3 is 11.4 Å². The van der Waals surface area contributed by atoms with E-state index in [1.165, 1.54) is 7.05 Å². The second-order valence-corrected chi connectivity index (χ2v) is 12.9. The van der Waals surface area contributed by atoms with E-state index in [1.54, 1.807) is 30.5 Å². The molecule has 5 rings (SSSR count). The molecular weight excluding hydrogens is 584 g/mol. The summed E-state index contributed by atoms with van der Waals surface area (Å²) in [5, 5.41) is 0. The van der Waals surface area contributed by atoms with E-state index in [0.29, 0.717) is 22.3 Å². The number of carbonyl (C=O) groups excluding carboxylic acids is 2. The zero-order valence-corrected chi connectivity index (χ0v) is 28.0. The molecule has 1 fully saturated rings. The SMILES string of the molecule is Cc1cc(C)cc(C(=O)c2[nH]c(=O)[nH]c(=O)c2C(C)C)c1.Cc1cc(C)cc(C(=O)c2c(C(C)C)c(=O)n(C)c(=O)n2C2CC2)c1. The lowest BCUT2D eigenvalue weighted by Crippen LogP contribution is -2.43. The van der Waals surface area contributed by atoms with Crippen molar-refractivity contribution in [1.29, 1.82) is 0 Å². The number of aryl methyl sites for hydroxylation is 4. The van der Waals surface area contributed by atoms with Crippen molar-refractivity contribution in [2.45, 2.75) is 86.1 Å². The third-order valence-electron chi connectivity index (χ3n) is 7.98. The molecule has 10 nitrogen and oxygen atoms in total. The Morgan fingerprint density at radius 3 is 1.59 bits per heavy atom. The molecular formula is C36H42N4O6. The molecule has 2 heterocycles. The van der Waals surface area contributed by atoms with Crippen molar-refractivity contribution in [3.8, 4) is 0 Å². The van der Waals surface area contributed by atoms with E-state index in [9.17, 15) is 28.8 Å². The van der Waals surface area contributed by atoms with E-state index in [2.05, 4.69) is 9.97 Å². The first kappa shape index (κ1) is 34.0. The Morgan fingerprint density at radius 1 is 0.696 bits per heavy atom. The van der Waals surface area contributed by atoms with Gasteiger partial charge in [-0.3, -0.25) is 33.3 Å². The minimum atomic E-state index is -0.669. The lowest BCUT2D eigenvalue weighted by Gasteiger charge is -2.19. The van der Waals surface area contributed by atoms with Crippen molar-refractivity contribution < 1.29 is 9.59 Å². The highest BCUT2D eigenvalue weighted by atomic mass is 16.2. The van der Waals surface area contributed by atoms with Crippen LogP contribution in [0.25, 0.3) is 0 Å². The van der Waals surface area contributed by atoms with Crippen LogP contribution < -0.4 is 22.5 Å². The first-order valence-corrected chi connectivity index (χ1v) is 15.5. The topological polar surface area (TPSA) is 144 Å². The second kappa shape index (κ2) is 13.2. The van der Waals surface area contributed by atoms with Gasteiger partial charge in [-0.2, -0.15) is 0 Å². The molecule has 2 aromatic carbocycles. The fourth-order valence-electron chi connectivity index (χ4n) is 5.90. The molecule has 2 aromatic heterocycles. The van der Waals surface area contributed by atoms with Gasteiger partial charge < -0.3 is 4.98 Å². The van der Waals surface area contributed by atoms with Crippen molar-refractivity contribution in [3.63, 3.8) is 0 Å². The van der Waals surface area contributed by atoms with Gasteiger partial charge in [-0.15, -0.1) is 0 Å². The number of hydrogen-bond acceptors (Lipinski definition) is 6. The predicted molar refractivity (Wildman–Crippen MR) is 179 cm³/mol. The minimum absolute atomic E-state index is 0.0154. The maximum absolute atomic E-state index is 13.3. The molecule has 0 radical (unpaired) electrons. The molecule has 0 amide bonds. The first-order valence-electron chi connectivity index (χ1n) is 15.5. The van der Waals surface area contributed by atoms with Crippen molar-refractivity contribution in [3.05, 3.63) is 134 Å². The average Bonchev–Trinajstić information content (AvgIpc) is 3.78. The van der Waals surface area contributed by atoms with Crippen LogP contribution in [0.2, 0.25) is 0 Å². The molecule has 0 unspecified atom stereocenters. The van der Waals surface area contributed by atoms with Gasteiger partial charge in [-0.1, -0.05) is 62.1 Å².